The minimum atomic E-state index is -0.160. The fourth-order valence-corrected chi connectivity index (χ4v) is 1.77. The van der Waals surface area contributed by atoms with E-state index in [2.05, 4.69) is 19.1 Å². The summed E-state index contributed by atoms with van der Waals surface area (Å²) in [5, 5.41) is 9.52. The normalized spacial score (nSPS) is 28.5. The van der Waals surface area contributed by atoms with E-state index in [1.807, 2.05) is 12.1 Å². The molecule has 1 unspecified atom stereocenters. The molecular formula is C10H12O. The second-order valence-corrected chi connectivity index (χ2v) is 3.26. The van der Waals surface area contributed by atoms with Gasteiger partial charge in [-0.15, -0.1) is 0 Å². The minimum absolute atomic E-state index is 0.160. The second-order valence-electron chi connectivity index (χ2n) is 3.26. The molecule has 1 aromatic rings. The Morgan fingerprint density at radius 1 is 1.36 bits per heavy atom. The van der Waals surface area contributed by atoms with Crippen LogP contribution in [0.15, 0.2) is 24.3 Å². The first-order valence-corrected chi connectivity index (χ1v) is 4.05. The van der Waals surface area contributed by atoms with Crippen LogP contribution in [0.3, 0.4) is 0 Å². The number of aliphatic hydroxyl groups excluding tert-OH is 1. The average Bonchev–Trinajstić information content (AvgIpc) is 2.30. The van der Waals surface area contributed by atoms with Crippen LogP contribution >= 0.6 is 0 Å². The highest BCUT2D eigenvalue weighted by atomic mass is 16.3. The third-order valence-corrected chi connectivity index (χ3v) is 2.55. The molecule has 1 heteroatoms. The number of hydrogen-bond acceptors (Lipinski definition) is 1. The molecule has 0 aromatic heterocycles. The molecule has 0 amide bonds. The summed E-state index contributed by atoms with van der Waals surface area (Å²) in [5.41, 5.74) is 2.63. The summed E-state index contributed by atoms with van der Waals surface area (Å²) >= 11 is 0. The summed E-state index contributed by atoms with van der Waals surface area (Å²) in [7, 11) is 0. The van der Waals surface area contributed by atoms with Gasteiger partial charge in [0.05, 0.1) is 6.10 Å². The quantitative estimate of drug-likeness (QED) is 0.593. The fourth-order valence-electron chi connectivity index (χ4n) is 1.77. The topological polar surface area (TPSA) is 20.2 Å². The van der Waals surface area contributed by atoms with Gasteiger partial charge in [0.15, 0.2) is 0 Å². The average molecular weight is 148 g/mol. The van der Waals surface area contributed by atoms with Crippen LogP contribution in [0.1, 0.15) is 24.0 Å². The van der Waals surface area contributed by atoms with Crippen LogP contribution in [0.5, 0.6) is 0 Å². The molecule has 1 aliphatic carbocycles. The molecule has 11 heavy (non-hydrogen) atoms. The number of fused-ring (bicyclic) bond motifs is 1. The van der Waals surface area contributed by atoms with Gasteiger partial charge in [-0.25, -0.2) is 0 Å². The molecule has 0 radical (unpaired) electrons. The number of aliphatic hydroxyl groups is 1. The first-order chi connectivity index (χ1) is 5.29. The van der Waals surface area contributed by atoms with E-state index < -0.39 is 0 Å². The molecule has 0 aliphatic heterocycles. The maximum Gasteiger partial charge on any atom is 0.0646 e. The van der Waals surface area contributed by atoms with Crippen molar-refractivity contribution in [2.24, 2.45) is 0 Å². The highest BCUT2D eigenvalue weighted by molar-refractivity contribution is 5.36. The third kappa shape index (κ3) is 0.962. The first kappa shape index (κ1) is 6.86. The summed E-state index contributed by atoms with van der Waals surface area (Å²) < 4.78 is 0. The van der Waals surface area contributed by atoms with E-state index in [0.717, 1.165) is 6.42 Å². The Kier molecular flexibility index (Phi) is 1.46. The zero-order chi connectivity index (χ0) is 7.84. The van der Waals surface area contributed by atoms with Gasteiger partial charge in [0.1, 0.15) is 0 Å². The van der Waals surface area contributed by atoms with Crippen LogP contribution < -0.4 is 0 Å². The van der Waals surface area contributed by atoms with Crippen molar-refractivity contribution >= 4 is 0 Å². The molecule has 1 nitrogen and oxygen atoms in total. The highest BCUT2D eigenvalue weighted by Crippen LogP contribution is 2.32. The van der Waals surface area contributed by atoms with E-state index in [1.54, 1.807) is 0 Å². The second kappa shape index (κ2) is 2.35. The number of rotatable bonds is 0. The van der Waals surface area contributed by atoms with E-state index in [4.69, 9.17) is 0 Å². The molecule has 0 heterocycles. The Bertz CT molecular complexity index is 267. The molecule has 0 saturated heterocycles. The maximum absolute atomic E-state index is 9.52. The molecule has 0 spiro atoms. The van der Waals surface area contributed by atoms with Gasteiger partial charge in [0.25, 0.3) is 0 Å². The van der Waals surface area contributed by atoms with Crippen LogP contribution in [0, 0.1) is 0 Å². The van der Waals surface area contributed by atoms with Crippen LogP contribution in [-0.2, 0) is 6.42 Å². The summed E-state index contributed by atoms with van der Waals surface area (Å²) in [4.78, 5) is 0. The lowest BCUT2D eigenvalue weighted by atomic mass is 10.0. The predicted octanol–water partition coefficient (Wildman–Crippen LogP) is 1.71. The SMILES string of the molecule is C[C@H]1c2ccccc2CC1O. The van der Waals surface area contributed by atoms with Gasteiger partial charge >= 0.3 is 0 Å². The zero-order valence-electron chi connectivity index (χ0n) is 6.62. The molecule has 0 bridgehead atoms. The lowest BCUT2D eigenvalue weighted by molar-refractivity contribution is 0.163. The summed E-state index contributed by atoms with van der Waals surface area (Å²) in [6, 6.07) is 8.27. The van der Waals surface area contributed by atoms with Crippen LogP contribution in [0.2, 0.25) is 0 Å². The number of hydrogen-bond donors (Lipinski definition) is 1. The van der Waals surface area contributed by atoms with Crippen LogP contribution in [0.4, 0.5) is 0 Å². The third-order valence-electron chi connectivity index (χ3n) is 2.55. The molecule has 2 rings (SSSR count). The van der Waals surface area contributed by atoms with Gasteiger partial charge < -0.3 is 5.11 Å². The molecule has 2 atom stereocenters. The number of benzene rings is 1. The van der Waals surface area contributed by atoms with Gasteiger partial charge in [-0.05, 0) is 17.5 Å². The van der Waals surface area contributed by atoms with Crippen LogP contribution in [-0.4, -0.2) is 11.2 Å². The largest absolute Gasteiger partial charge is 0.392 e. The van der Waals surface area contributed by atoms with Gasteiger partial charge in [-0.2, -0.15) is 0 Å². The summed E-state index contributed by atoms with van der Waals surface area (Å²) in [6.07, 6.45) is 0.671. The first-order valence-electron chi connectivity index (χ1n) is 4.05. The van der Waals surface area contributed by atoms with Crippen molar-refractivity contribution in [3.63, 3.8) is 0 Å². The minimum Gasteiger partial charge on any atom is -0.392 e. The summed E-state index contributed by atoms with van der Waals surface area (Å²) in [5.74, 6) is 0.325. The zero-order valence-corrected chi connectivity index (χ0v) is 6.62. The van der Waals surface area contributed by atoms with Gasteiger partial charge in [-0.3, -0.25) is 0 Å². The smallest absolute Gasteiger partial charge is 0.0646 e. The Morgan fingerprint density at radius 2 is 2.09 bits per heavy atom. The van der Waals surface area contributed by atoms with E-state index in [-0.39, 0.29) is 6.10 Å². The Balaban J connectivity index is 2.47. The van der Waals surface area contributed by atoms with Crippen molar-refractivity contribution in [1.82, 2.24) is 0 Å². The van der Waals surface area contributed by atoms with Gasteiger partial charge in [0, 0.05) is 5.92 Å². The van der Waals surface area contributed by atoms with Crippen molar-refractivity contribution in [3.8, 4) is 0 Å². The van der Waals surface area contributed by atoms with Crippen molar-refractivity contribution < 1.29 is 5.11 Å². The van der Waals surface area contributed by atoms with Gasteiger partial charge in [0.2, 0.25) is 0 Å². The predicted molar refractivity (Wildman–Crippen MR) is 44.6 cm³/mol. The molecule has 58 valence electrons. The Morgan fingerprint density at radius 3 is 2.82 bits per heavy atom. The molecule has 0 saturated carbocycles. The van der Waals surface area contributed by atoms with Crippen molar-refractivity contribution in [2.45, 2.75) is 25.4 Å². The van der Waals surface area contributed by atoms with Crippen molar-refractivity contribution in [1.29, 1.82) is 0 Å². The lowest BCUT2D eigenvalue weighted by Gasteiger charge is -2.07. The molecule has 0 fully saturated rings. The fraction of sp³-hybridized carbons (Fsp3) is 0.400. The molecular weight excluding hydrogens is 136 g/mol. The summed E-state index contributed by atoms with van der Waals surface area (Å²) in [6.45, 7) is 2.08. The highest BCUT2D eigenvalue weighted by Gasteiger charge is 2.26. The van der Waals surface area contributed by atoms with E-state index in [1.165, 1.54) is 11.1 Å². The standard InChI is InChI=1S/C10H12O/c1-7-9-5-3-2-4-8(9)6-10(7)11/h2-5,7,10-11H,6H2,1H3/t7-,10?/m0/s1. The van der Waals surface area contributed by atoms with E-state index in [9.17, 15) is 5.11 Å². The Hall–Kier alpha value is -0.820. The van der Waals surface area contributed by atoms with Gasteiger partial charge in [-0.1, -0.05) is 31.2 Å². The van der Waals surface area contributed by atoms with E-state index >= 15 is 0 Å². The van der Waals surface area contributed by atoms with Crippen LogP contribution in [0.25, 0.3) is 0 Å². The van der Waals surface area contributed by atoms with Crippen molar-refractivity contribution in [3.05, 3.63) is 35.4 Å². The van der Waals surface area contributed by atoms with Crippen molar-refractivity contribution in [2.75, 3.05) is 0 Å². The Labute approximate surface area is 66.7 Å². The molecule has 1 aromatic carbocycles. The van der Waals surface area contributed by atoms with E-state index in [0.29, 0.717) is 5.92 Å². The molecule has 1 N–H and O–H groups in total. The lowest BCUT2D eigenvalue weighted by Crippen LogP contribution is -2.09. The monoisotopic (exact) mass is 148 g/mol. The molecule has 1 aliphatic rings. The maximum atomic E-state index is 9.52.